The summed E-state index contributed by atoms with van der Waals surface area (Å²) in [6.07, 6.45) is 1.40. The van der Waals surface area contributed by atoms with Crippen LogP contribution in [0, 0.1) is 0 Å². The molecule has 1 amide bonds. The van der Waals surface area contributed by atoms with Crippen LogP contribution in [-0.4, -0.2) is 47.4 Å². The van der Waals surface area contributed by atoms with Gasteiger partial charge in [0.25, 0.3) is 0 Å². The summed E-state index contributed by atoms with van der Waals surface area (Å²) in [7, 11) is 2.11. The van der Waals surface area contributed by atoms with Gasteiger partial charge in [0.2, 0.25) is 5.91 Å². The van der Waals surface area contributed by atoms with Gasteiger partial charge in [0.15, 0.2) is 0 Å². The molecule has 0 radical (unpaired) electrons. The molecule has 3 unspecified atom stereocenters. The SMILES string of the molecule is C=CC(=O)N1CC(C)N(C)C(C)C1C. The summed E-state index contributed by atoms with van der Waals surface area (Å²) in [5.41, 5.74) is 0. The summed E-state index contributed by atoms with van der Waals surface area (Å²) < 4.78 is 0. The number of hydrogen-bond donors (Lipinski definition) is 0. The van der Waals surface area contributed by atoms with Crippen molar-refractivity contribution in [1.82, 2.24) is 9.80 Å². The topological polar surface area (TPSA) is 23.6 Å². The normalized spacial score (nSPS) is 34.3. The number of nitrogens with zero attached hydrogens (tertiary/aromatic N) is 2. The fraction of sp³-hybridized carbons (Fsp3) is 0.727. The van der Waals surface area contributed by atoms with Gasteiger partial charge in [-0.05, 0) is 33.9 Å². The van der Waals surface area contributed by atoms with Gasteiger partial charge in [-0.25, -0.2) is 0 Å². The highest BCUT2D eigenvalue weighted by Crippen LogP contribution is 2.19. The van der Waals surface area contributed by atoms with Crippen LogP contribution in [0.2, 0.25) is 0 Å². The maximum Gasteiger partial charge on any atom is 0.246 e. The van der Waals surface area contributed by atoms with Gasteiger partial charge in [0.1, 0.15) is 0 Å². The number of carbonyl (C=O) groups is 1. The Morgan fingerprint density at radius 1 is 1.36 bits per heavy atom. The first-order chi connectivity index (χ1) is 6.49. The minimum absolute atomic E-state index is 0.0456. The lowest BCUT2D eigenvalue weighted by Crippen LogP contribution is -2.60. The first-order valence-electron chi connectivity index (χ1n) is 5.14. The Labute approximate surface area is 86.4 Å². The van der Waals surface area contributed by atoms with Crippen molar-refractivity contribution in [1.29, 1.82) is 0 Å². The van der Waals surface area contributed by atoms with E-state index in [0.717, 1.165) is 6.54 Å². The zero-order valence-corrected chi connectivity index (χ0v) is 9.53. The van der Waals surface area contributed by atoms with Gasteiger partial charge in [-0.15, -0.1) is 0 Å². The van der Waals surface area contributed by atoms with E-state index >= 15 is 0 Å². The average molecular weight is 196 g/mol. The third kappa shape index (κ3) is 1.82. The highest BCUT2D eigenvalue weighted by molar-refractivity contribution is 5.87. The second-order valence-electron chi connectivity index (χ2n) is 4.19. The molecule has 0 N–H and O–H groups in total. The molecule has 0 aromatic carbocycles. The molecule has 0 aromatic rings. The minimum atomic E-state index is 0.0456. The molecule has 1 rings (SSSR count). The third-order valence-electron chi connectivity index (χ3n) is 3.45. The van der Waals surface area contributed by atoms with Crippen LogP contribution >= 0.6 is 0 Å². The van der Waals surface area contributed by atoms with Crippen molar-refractivity contribution in [2.75, 3.05) is 13.6 Å². The van der Waals surface area contributed by atoms with Crippen molar-refractivity contribution >= 4 is 5.91 Å². The van der Waals surface area contributed by atoms with Crippen molar-refractivity contribution in [2.24, 2.45) is 0 Å². The molecule has 80 valence electrons. The molecule has 1 fully saturated rings. The van der Waals surface area contributed by atoms with Crippen molar-refractivity contribution in [3.63, 3.8) is 0 Å². The van der Waals surface area contributed by atoms with Gasteiger partial charge in [-0.1, -0.05) is 6.58 Å². The lowest BCUT2D eigenvalue weighted by atomic mass is 10.0. The second-order valence-corrected chi connectivity index (χ2v) is 4.19. The van der Waals surface area contributed by atoms with Crippen LogP contribution in [-0.2, 0) is 4.79 Å². The van der Waals surface area contributed by atoms with Crippen molar-refractivity contribution in [3.8, 4) is 0 Å². The Hall–Kier alpha value is -0.830. The minimum Gasteiger partial charge on any atom is -0.333 e. The number of amides is 1. The van der Waals surface area contributed by atoms with E-state index in [2.05, 4.69) is 39.3 Å². The molecular formula is C11H20N2O. The molecule has 14 heavy (non-hydrogen) atoms. The number of likely N-dealkylation sites (N-methyl/N-ethyl adjacent to an activating group) is 1. The van der Waals surface area contributed by atoms with E-state index in [4.69, 9.17) is 0 Å². The monoisotopic (exact) mass is 196 g/mol. The van der Waals surface area contributed by atoms with Crippen molar-refractivity contribution in [2.45, 2.75) is 38.9 Å². The average Bonchev–Trinajstić information content (AvgIpc) is 2.19. The molecule has 0 aliphatic carbocycles. The summed E-state index contributed by atoms with van der Waals surface area (Å²) in [6, 6.07) is 1.09. The number of rotatable bonds is 1. The molecule has 0 spiro atoms. The zero-order valence-electron chi connectivity index (χ0n) is 9.53. The third-order valence-corrected chi connectivity index (χ3v) is 3.45. The Morgan fingerprint density at radius 3 is 2.43 bits per heavy atom. The summed E-state index contributed by atoms with van der Waals surface area (Å²) >= 11 is 0. The Morgan fingerprint density at radius 2 is 1.93 bits per heavy atom. The first-order valence-corrected chi connectivity index (χ1v) is 5.14. The highest BCUT2D eigenvalue weighted by atomic mass is 16.2. The van der Waals surface area contributed by atoms with Crippen LogP contribution in [0.3, 0.4) is 0 Å². The molecule has 3 atom stereocenters. The molecule has 1 aliphatic rings. The van der Waals surface area contributed by atoms with E-state index in [9.17, 15) is 4.79 Å². The van der Waals surface area contributed by atoms with Gasteiger partial charge >= 0.3 is 0 Å². The van der Waals surface area contributed by atoms with E-state index in [1.165, 1.54) is 6.08 Å². The van der Waals surface area contributed by atoms with Crippen LogP contribution in [0.1, 0.15) is 20.8 Å². The molecule has 1 aliphatic heterocycles. The Balaban J connectivity index is 2.80. The van der Waals surface area contributed by atoms with Crippen LogP contribution in [0.5, 0.6) is 0 Å². The van der Waals surface area contributed by atoms with Crippen LogP contribution in [0.25, 0.3) is 0 Å². The van der Waals surface area contributed by atoms with Crippen molar-refractivity contribution in [3.05, 3.63) is 12.7 Å². The maximum absolute atomic E-state index is 11.6. The standard InChI is InChI=1S/C11H20N2O/c1-6-11(14)13-7-8(2)12(5)9(3)10(13)4/h6,8-10H,1,7H2,2-5H3. The van der Waals surface area contributed by atoms with E-state index in [-0.39, 0.29) is 11.9 Å². The van der Waals surface area contributed by atoms with Crippen molar-refractivity contribution < 1.29 is 4.79 Å². The van der Waals surface area contributed by atoms with Gasteiger partial charge < -0.3 is 4.90 Å². The van der Waals surface area contributed by atoms with Crippen LogP contribution < -0.4 is 0 Å². The Kier molecular flexibility index (Phi) is 3.32. The molecule has 0 bridgehead atoms. The summed E-state index contributed by atoms with van der Waals surface area (Å²) in [4.78, 5) is 15.8. The van der Waals surface area contributed by atoms with E-state index in [0.29, 0.717) is 12.1 Å². The van der Waals surface area contributed by atoms with Crippen LogP contribution in [0.4, 0.5) is 0 Å². The predicted molar refractivity (Wildman–Crippen MR) is 58.1 cm³/mol. The quantitative estimate of drug-likeness (QED) is 0.587. The first kappa shape index (κ1) is 11.2. The van der Waals surface area contributed by atoms with Gasteiger partial charge in [0.05, 0.1) is 0 Å². The molecule has 0 aromatic heterocycles. The number of carbonyl (C=O) groups excluding carboxylic acids is 1. The predicted octanol–water partition coefficient (Wildman–Crippen LogP) is 1.11. The van der Waals surface area contributed by atoms with E-state index in [1.54, 1.807) is 0 Å². The zero-order chi connectivity index (χ0) is 10.9. The van der Waals surface area contributed by atoms with Gasteiger partial charge in [-0.2, -0.15) is 0 Å². The van der Waals surface area contributed by atoms with Crippen LogP contribution in [0.15, 0.2) is 12.7 Å². The fourth-order valence-electron chi connectivity index (χ4n) is 1.99. The van der Waals surface area contributed by atoms with E-state index < -0.39 is 0 Å². The molecule has 1 heterocycles. The maximum atomic E-state index is 11.6. The molecule has 1 saturated heterocycles. The summed E-state index contributed by atoms with van der Waals surface area (Å²) in [6.45, 7) is 10.7. The fourth-order valence-corrected chi connectivity index (χ4v) is 1.99. The lowest BCUT2D eigenvalue weighted by molar-refractivity contribution is -0.133. The molecule has 3 heteroatoms. The highest BCUT2D eigenvalue weighted by Gasteiger charge is 2.34. The van der Waals surface area contributed by atoms with Gasteiger partial charge in [-0.3, -0.25) is 9.69 Å². The smallest absolute Gasteiger partial charge is 0.246 e. The summed E-state index contributed by atoms with van der Waals surface area (Å²) in [5, 5.41) is 0. The van der Waals surface area contributed by atoms with E-state index in [1.807, 2.05) is 4.90 Å². The van der Waals surface area contributed by atoms with Gasteiger partial charge in [0, 0.05) is 24.7 Å². The molecule has 0 saturated carbocycles. The number of hydrogen-bond acceptors (Lipinski definition) is 2. The Bertz CT molecular complexity index is 239. The summed E-state index contributed by atoms with van der Waals surface area (Å²) in [5.74, 6) is 0.0456. The number of piperazine rings is 1. The molecule has 3 nitrogen and oxygen atoms in total. The largest absolute Gasteiger partial charge is 0.333 e. The lowest BCUT2D eigenvalue weighted by Gasteiger charge is -2.46. The molecular weight excluding hydrogens is 176 g/mol. The second kappa shape index (κ2) is 4.13.